The molecule has 2 aliphatic heterocycles. The molecule has 2 saturated heterocycles. The summed E-state index contributed by atoms with van der Waals surface area (Å²) in [6.45, 7) is 3.79. The van der Waals surface area contributed by atoms with Crippen molar-refractivity contribution in [3.05, 3.63) is 39.2 Å². The van der Waals surface area contributed by atoms with Crippen LogP contribution in [0.5, 0.6) is 0 Å². The molecule has 27 heavy (non-hydrogen) atoms. The van der Waals surface area contributed by atoms with Crippen molar-refractivity contribution in [1.82, 2.24) is 24.8 Å². The molecular formula is C19H20ClIN6. The van der Waals surface area contributed by atoms with Crippen LogP contribution in [0, 0.1) is 3.70 Å². The third kappa shape index (κ3) is 3.48. The quantitative estimate of drug-likeness (QED) is 0.317. The molecular weight excluding hydrogens is 475 g/mol. The van der Waals surface area contributed by atoms with Crippen LogP contribution in [-0.4, -0.2) is 66.9 Å². The molecule has 0 amide bonds. The number of fused-ring (bicyclic) bond motifs is 1. The second-order valence-corrected chi connectivity index (χ2v) is 13.0. The first kappa shape index (κ1) is 17.5. The van der Waals surface area contributed by atoms with Gasteiger partial charge in [0.05, 0.1) is 0 Å². The summed E-state index contributed by atoms with van der Waals surface area (Å²) < 4.78 is 3.73. The molecule has 4 heterocycles. The van der Waals surface area contributed by atoms with Crippen LogP contribution in [-0.2, 0) is 0 Å². The molecule has 0 unspecified atom stereocenters. The summed E-state index contributed by atoms with van der Waals surface area (Å²) in [6.07, 6.45) is 0. The van der Waals surface area contributed by atoms with E-state index in [-0.39, 0.29) is 0 Å². The molecule has 3 aromatic rings. The van der Waals surface area contributed by atoms with E-state index in [4.69, 9.17) is 31.5 Å². The zero-order chi connectivity index (χ0) is 18.4. The van der Waals surface area contributed by atoms with Crippen LogP contribution in [0.3, 0.4) is 0 Å². The van der Waals surface area contributed by atoms with Crippen molar-refractivity contribution in [3.8, 4) is 11.4 Å². The number of piperazine rings is 1. The molecule has 140 valence electrons. The first-order chi connectivity index (χ1) is 13.2. The second kappa shape index (κ2) is 7.10. The van der Waals surface area contributed by atoms with Gasteiger partial charge in [-0.2, -0.15) is 0 Å². The zero-order valence-corrected chi connectivity index (χ0v) is 18.0. The zero-order valence-electron chi connectivity index (χ0n) is 15.1. The minimum absolute atomic E-state index is 0.474. The molecule has 2 fully saturated rings. The molecule has 5 rings (SSSR count). The predicted molar refractivity (Wildman–Crippen MR) is 118 cm³/mol. The van der Waals surface area contributed by atoms with E-state index in [1.807, 2.05) is 30.3 Å². The summed E-state index contributed by atoms with van der Waals surface area (Å²) in [5.74, 6) is 1.50. The molecule has 0 radical (unpaired) electrons. The van der Waals surface area contributed by atoms with E-state index in [0.29, 0.717) is 10.8 Å². The van der Waals surface area contributed by atoms with Crippen LogP contribution in [0.25, 0.3) is 22.6 Å². The van der Waals surface area contributed by atoms with Gasteiger partial charge >= 0.3 is 171 Å². The number of anilines is 1. The Bertz CT molecular complexity index is 986. The van der Waals surface area contributed by atoms with E-state index >= 15 is 0 Å². The van der Waals surface area contributed by atoms with Gasteiger partial charge in [-0.3, -0.25) is 0 Å². The van der Waals surface area contributed by atoms with E-state index in [0.717, 1.165) is 52.6 Å². The monoisotopic (exact) mass is 494 g/mol. The van der Waals surface area contributed by atoms with Crippen LogP contribution in [0.4, 0.5) is 5.82 Å². The van der Waals surface area contributed by atoms with E-state index < -0.39 is 19.8 Å². The number of benzene rings is 1. The Labute approximate surface area is 170 Å². The van der Waals surface area contributed by atoms with Gasteiger partial charge in [0.25, 0.3) is 0 Å². The van der Waals surface area contributed by atoms with Crippen LogP contribution in [0.1, 0.15) is 0 Å². The van der Waals surface area contributed by atoms with Gasteiger partial charge in [0.2, 0.25) is 0 Å². The Hall–Kier alpha value is -1.58. The van der Waals surface area contributed by atoms with E-state index in [2.05, 4.69) is 16.8 Å². The Morgan fingerprint density at radius 2 is 1.67 bits per heavy atom. The number of likely N-dealkylation sites (N-methyl/N-ethyl adjacent to an activating group) is 1. The van der Waals surface area contributed by atoms with Crippen molar-refractivity contribution in [2.75, 3.05) is 47.0 Å². The predicted octanol–water partition coefficient (Wildman–Crippen LogP) is 3.18. The average Bonchev–Trinajstić information content (AvgIpc) is 3.53. The second-order valence-electron chi connectivity index (χ2n) is 6.84. The summed E-state index contributed by atoms with van der Waals surface area (Å²) in [4.78, 5) is 23.8. The number of aromatic nitrogens is 4. The van der Waals surface area contributed by atoms with Crippen molar-refractivity contribution in [2.45, 2.75) is 0 Å². The van der Waals surface area contributed by atoms with Gasteiger partial charge in [-0.1, -0.05) is 0 Å². The SMILES string of the molecule is CN1CCN(c2nc3nc(-c4ccccc4)nc(I4CC4)c3nc2Cl)CC1. The number of rotatable bonds is 3. The van der Waals surface area contributed by atoms with E-state index in [9.17, 15) is 0 Å². The number of hydrogen-bond donors (Lipinski definition) is 0. The molecule has 0 spiro atoms. The van der Waals surface area contributed by atoms with Crippen molar-refractivity contribution in [2.24, 2.45) is 0 Å². The third-order valence-corrected chi connectivity index (χ3v) is 9.50. The fourth-order valence-electron chi connectivity index (χ4n) is 3.22. The van der Waals surface area contributed by atoms with Gasteiger partial charge in [-0.15, -0.1) is 0 Å². The molecule has 0 N–H and O–H groups in total. The summed E-state index contributed by atoms with van der Waals surface area (Å²) in [6, 6.07) is 10.1. The standard InChI is InChI=1S/C19H20ClIN6/c1-26-9-11-27(12-10-26)19-15(20)22-14-16(21-7-8-21)23-17(24-18(14)25-19)13-5-3-2-4-6-13/h2-6H,7-12H2,1H3. The van der Waals surface area contributed by atoms with E-state index in [1.54, 1.807) is 0 Å². The Kier molecular flexibility index (Phi) is 4.61. The van der Waals surface area contributed by atoms with Crippen LogP contribution >= 0.6 is 31.4 Å². The van der Waals surface area contributed by atoms with Crippen LogP contribution < -0.4 is 4.90 Å². The molecule has 0 bridgehead atoms. The molecule has 2 aromatic heterocycles. The average molecular weight is 495 g/mol. The molecule has 0 aliphatic carbocycles. The molecule has 6 nitrogen and oxygen atoms in total. The van der Waals surface area contributed by atoms with Crippen molar-refractivity contribution < 1.29 is 0 Å². The van der Waals surface area contributed by atoms with Gasteiger partial charge in [-0.05, 0) is 0 Å². The summed E-state index contributed by atoms with van der Waals surface area (Å²) in [5.41, 5.74) is 2.53. The first-order valence-electron chi connectivity index (χ1n) is 9.05. The van der Waals surface area contributed by atoms with Crippen molar-refractivity contribution >= 4 is 48.4 Å². The van der Waals surface area contributed by atoms with Gasteiger partial charge in [-0.25, -0.2) is 0 Å². The molecule has 0 atom stereocenters. The van der Waals surface area contributed by atoms with Gasteiger partial charge < -0.3 is 0 Å². The van der Waals surface area contributed by atoms with Gasteiger partial charge in [0, 0.05) is 0 Å². The van der Waals surface area contributed by atoms with Crippen molar-refractivity contribution in [1.29, 1.82) is 0 Å². The number of halogens is 2. The summed E-state index contributed by atoms with van der Waals surface area (Å²) in [5, 5.41) is 0.474. The maximum absolute atomic E-state index is 6.56. The summed E-state index contributed by atoms with van der Waals surface area (Å²) in [7, 11) is 2.14. The van der Waals surface area contributed by atoms with Gasteiger partial charge in [0.1, 0.15) is 0 Å². The first-order valence-corrected chi connectivity index (χ1v) is 13.6. The van der Waals surface area contributed by atoms with Crippen molar-refractivity contribution in [3.63, 3.8) is 0 Å². The number of nitrogens with zero attached hydrogens (tertiary/aromatic N) is 6. The number of alkyl halides is 2. The fourth-order valence-corrected chi connectivity index (χ4v) is 7.72. The van der Waals surface area contributed by atoms with Gasteiger partial charge in [0.15, 0.2) is 0 Å². The molecule has 2 aliphatic rings. The normalized spacial score (nSPS) is 18.9. The Morgan fingerprint density at radius 1 is 0.926 bits per heavy atom. The minimum atomic E-state index is -1.18. The molecule has 8 heteroatoms. The molecule has 0 saturated carbocycles. The topological polar surface area (TPSA) is 58.0 Å². The summed E-state index contributed by atoms with van der Waals surface area (Å²) >= 11 is 5.38. The third-order valence-electron chi connectivity index (χ3n) is 4.90. The Balaban J connectivity index is 1.64. The Morgan fingerprint density at radius 3 is 2.37 bits per heavy atom. The van der Waals surface area contributed by atoms with E-state index in [1.165, 1.54) is 8.86 Å². The van der Waals surface area contributed by atoms with Crippen LogP contribution in [0.2, 0.25) is 5.15 Å². The van der Waals surface area contributed by atoms with Crippen LogP contribution in [0.15, 0.2) is 30.3 Å². The fraction of sp³-hybridized carbons (Fsp3) is 0.368. The number of hydrogen-bond acceptors (Lipinski definition) is 6. The maximum atomic E-state index is 6.56. The molecule has 1 aromatic carbocycles.